The van der Waals surface area contributed by atoms with Crippen molar-refractivity contribution in [1.82, 2.24) is 0 Å². The molecule has 4 aliphatic rings. The monoisotopic (exact) mass is 920 g/mol. The summed E-state index contributed by atoms with van der Waals surface area (Å²) in [7, 11) is -36.5. The topological polar surface area (TPSA) is 185 Å². The summed E-state index contributed by atoms with van der Waals surface area (Å²) in [5.74, 6) is 0. The van der Waals surface area contributed by atoms with Gasteiger partial charge in [-0.15, -0.1) is 0 Å². The van der Waals surface area contributed by atoms with Gasteiger partial charge in [0.2, 0.25) is 0 Å². The molecule has 320 valence electrons. The van der Waals surface area contributed by atoms with Crippen molar-refractivity contribution in [2.24, 2.45) is 0 Å². The second kappa shape index (κ2) is 18.7. The van der Waals surface area contributed by atoms with E-state index in [2.05, 4.69) is 0 Å². The lowest BCUT2D eigenvalue weighted by molar-refractivity contribution is -0.156. The molecule has 4 aliphatic heterocycles. The lowest BCUT2D eigenvalue weighted by Gasteiger charge is -2.55. The molecule has 4 rings (SSSR count). The lowest BCUT2D eigenvalue weighted by atomic mass is 10.5. The van der Waals surface area contributed by atoms with Gasteiger partial charge in [-0.3, -0.25) is 0 Å². The van der Waals surface area contributed by atoms with Gasteiger partial charge in [-0.2, -0.15) is 0 Å². The summed E-state index contributed by atoms with van der Waals surface area (Å²) in [6, 6.07) is 0. The van der Waals surface area contributed by atoms with Gasteiger partial charge in [0.25, 0.3) is 0 Å². The highest BCUT2D eigenvalue weighted by atomic mass is 28.6. The van der Waals surface area contributed by atoms with E-state index in [0.29, 0.717) is 0 Å². The van der Waals surface area contributed by atoms with Crippen LogP contribution in [0.15, 0.2) is 0 Å². The third kappa shape index (κ3) is 12.5. The molecular formula is C26H64O20Si8. The molecule has 0 aliphatic carbocycles. The Bertz CT molecular complexity index is 1140. The van der Waals surface area contributed by atoms with Crippen LogP contribution in [-0.2, 0) is 85.1 Å². The molecule has 28 heteroatoms. The minimum Gasteiger partial charge on any atom is -0.374 e. The first-order valence-electron chi connectivity index (χ1n) is 18.0. The molecule has 8 atom stereocenters. The Kier molecular flexibility index (Phi) is 17.1. The lowest BCUT2D eigenvalue weighted by Crippen LogP contribution is -2.87. The summed E-state index contributed by atoms with van der Waals surface area (Å²) >= 11 is 0. The zero-order chi connectivity index (χ0) is 39.8. The highest BCUT2D eigenvalue weighted by Gasteiger charge is 2.87. The number of fused-ring (bicyclic) bond motifs is 4. The molecule has 4 saturated heterocycles. The highest BCUT2D eigenvalue weighted by Crippen LogP contribution is 2.47. The average molecular weight is 921 g/mol. The van der Waals surface area contributed by atoms with Gasteiger partial charge < -0.3 is 85.1 Å². The molecule has 0 amide bonds. The smallest absolute Gasteiger partial charge is 0.374 e. The molecule has 0 saturated carbocycles. The van der Waals surface area contributed by atoms with Crippen molar-refractivity contribution in [2.45, 2.75) is 167 Å². The van der Waals surface area contributed by atoms with E-state index in [1.54, 1.807) is 111 Å². The second-order valence-corrected chi connectivity index (χ2v) is 33.6. The molecule has 4 heterocycles. The Morgan fingerprint density at radius 2 is 0.574 bits per heavy atom. The molecular weight excluding hydrogens is 857 g/mol. The normalized spacial score (nSPS) is 38.7. The Labute approximate surface area is 331 Å². The van der Waals surface area contributed by atoms with Crippen LogP contribution in [-0.4, -0.2) is 129 Å². The van der Waals surface area contributed by atoms with Gasteiger partial charge >= 0.3 is 72.9 Å². The van der Waals surface area contributed by atoms with Crippen molar-refractivity contribution in [3.8, 4) is 0 Å². The summed E-state index contributed by atoms with van der Waals surface area (Å²) in [4.78, 5) is 0. The standard InChI is InChI=1S/C25H60O20Si8.CH4/c1-18(2)27-46-35-48(29-20(5)6)39-50(31-22(9)10)37-47(26-17,28-19(3)4)38-51(32-23(11)12)40-49(36-46,30-21(7)8)42-52(41-48,33-24(13)14)45-53(43-50,44-51)34-25(15)16;/h18-25,46H,1-17H3;1H4/t46?,47?,48-,49?,50-,51-,52?,53?;/m0./s1. The molecule has 4 fully saturated rings. The van der Waals surface area contributed by atoms with Gasteiger partial charge in [0, 0.05) is 55.9 Å². The Morgan fingerprint density at radius 1 is 0.333 bits per heavy atom. The number of hydrogen-bond acceptors (Lipinski definition) is 20. The van der Waals surface area contributed by atoms with E-state index >= 15 is 0 Å². The summed E-state index contributed by atoms with van der Waals surface area (Å²) < 4.78 is 134. The number of rotatable bonds is 17. The Hall–Kier alpha value is 0.935. The van der Waals surface area contributed by atoms with Crippen molar-refractivity contribution in [2.75, 3.05) is 7.11 Å². The fourth-order valence-corrected chi connectivity index (χ4v) is 38.7. The molecule has 0 aromatic rings. The largest absolute Gasteiger partial charge is 0.668 e. The van der Waals surface area contributed by atoms with Gasteiger partial charge in [0.15, 0.2) is 0 Å². The minimum absolute atomic E-state index is 0. The predicted molar refractivity (Wildman–Crippen MR) is 203 cm³/mol. The maximum Gasteiger partial charge on any atom is 0.668 e. The van der Waals surface area contributed by atoms with E-state index in [-0.39, 0.29) is 7.43 Å². The molecule has 54 heavy (non-hydrogen) atoms. The first-order valence-corrected chi connectivity index (χ1v) is 30.8. The fourth-order valence-electron chi connectivity index (χ4n) is 4.96. The van der Waals surface area contributed by atoms with E-state index in [0.717, 1.165) is 0 Å². The molecule has 6 bridgehead atoms. The third-order valence-corrected chi connectivity index (χ3v) is 34.5. The van der Waals surface area contributed by atoms with Crippen LogP contribution >= 0.6 is 0 Å². The maximum absolute atomic E-state index is 6.94. The van der Waals surface area contributed by atoms with Gasteiger partial charge in [-0.25, -0.2) is 0 Å². The Balaban J connectivity index is 0.00000784. The highest BCUT2D eigenvalue weighted by molar-refractivity contribution is 6.94. The molecule has 0 aromatic carbocycles. The van der Waals surface area contributed by atoms with Crippen LogP contribution in [0.5, 0.6) is 0 Å². The van der Waals surface area contributed by atoms with Crippen LogP contribution in [0.2, 0.25) is 0 Å². The van der Waals surface area contributed by atoms with E-state index in [4.69, 9.17) is 85.1 Å². The predicted octanol–water partition coefficient (Wildman–Crippen LogP) is 3.67. The summed E-state index contributed by atoms with van der Waals surface area (Å²) in [5, 5.41) is 0. The molecule has 5 unspecified atom stereocenters. The zero-order valence-electron chi connectivity index (χ0n) is 33.9. The van der Waals surface area contributed by atoms with Crippen LogP contribution in [0.25, 0.3) is 0 Å². The summed E-state index contributed by atoms with van der Waals surface area (Å²) in [6.07, 6.45) is -4.82. The van der Waals surface area contributed by atoms with Crippen LogP contribution in [0.4, 0.5) is 0 Å². The van der Waals surface area contributed by atoms with E-state index < -0.39 is 122 Å². The second-order valence-electron chi connectivity index (χ2n) is 14.5. The van der Waals surface area contributed by atoms with Crippen LogP contribution in [0, 0.1) is 0 Å². The van der Waals surface area contributed by atoms with E-state index in [1.807, 2.05) is 0 Å². The SMILES string of the molecule is C.CO[Si]1(OC(C)C)O[Si@@]2(OC(C)C)O[Si]3(OC(C)C)O[SiH](OC(C)C)O[Si@]4(OC(C)C)O[Si](OC(C)C)(O3)O[Si](OC(C)C)(O2)O[Si@@](OC(C)C)(O1)O4. The third-order valence-electron chi connectivity index (χ3n) is 6.02. The van der Waals surface area contributed by atoms with Gasteiger partial charge in [0.1, 0.15) is 0 Å². The van der Waals surface area contributed by atoms with Crippen LogP contribution in [0.1, 0.15) is 118 Å². The van der Waals surface area contributed by atoms with E-state index in [9.17, 15) is 0 Å². The van der Waals surface area contributed by atoms with E-state index in [1.165, 1.54) is 7.11 Å². The van der Waals surface area contributed by atoms with Gasteiger partial charge in [-0.05, 0) is 111 Å². The van der Waals surface area contributed by atoms with Crippen molar-refractivity contribution in [3.63, 3.8) is 0 Å². The first kappa shape index (κ1) is 49.3. The first-order chi connectivity index (χ1) is 24.3. The van der Waals surface area contributed by atoms with Crippen molar-refractivity contribution < 1.29 is 85.1 Å². The Morgan fingerprint density at radius 3 is 0.815 bits per heavy atom. The molecule has 0 radical (unpaired) electrons. The summed E-state index contributed by atoms with van der Waals surface area (Å²) in [5.41, 5.74) is 0. The maximum atomic E-state index is 6.94. The number of hydrogen-bond donors (Lipinski definition) is 0. The van der Waals surface area contributed by atoms with Crippen molar-refractivity contribution >= 4 is 72.9 Å². The zero-order valence-corrected chi connectivity index (χ0v) is 42.0. The fraction of sp³-hybridized carbons (Fsp3) is 1.00. The molecule has 20 nitrogen and oxygen atoms in total. The molecule has 0 spiro atoms. The summed E-state index contributed by atoms with van der Waals surface area (Å²) in [6.45, 7) is 28.0. The van der Waals surface area contributed by atoms with Crippen LogP contribution in [0.3, 0.4) is 0 Å². The quantitative estimate of drug-likeness (QED) is 0.192. The molecule has 0 N–H and O–H groups in total. The van der Waals surface area contributed by atoms with Crippen LogP contribution < -0.4 is 0 Å². The minimum atomic E-state index is -4.98. The molecule has 0 aromatic heterocycles. The van der Waals surface area contributed by atoms with Crippen molar-refractivity contribution in [3.05, 3.63) is 0 Å². The van der Waals surface area contributed by atoms with Crippen molar-refractivity contribution in [1.29, 1.82) is 0 Å². The van der Waals surface area contributed by atoms with Gasteiger partial charge in [0.05, 0.1) is 0 Å². The average Bonchev–Trinajstić information content (AvgIpc) is 2.86. The van der Waals surface area contributed by atoms with Gasteiger partial charge in [-0.1, -0.05) is 7.43 Å².